The minimum absolute atomic E-state index is 0.113. The van der Waals surface area contributed by atoms with Crippen molar-refractivity contribution in [1.82, 2.24) is 9.91 Å². The highest BCUT2D eigenvalue weighted by atomic mass is 19.1. The van der Waals surface area contributed by atoms with Crippen LogP contribution in [0.4, 0.5) is 4.39 Å². The van der Waals surface area contributed by atoms with E-state index in [4.69, 9.17) is 4.74 Å². The number of hydrazone groups is 1. The second-order valence-corrected chi connectivity index (χ2v) is 7.80. The summed E-state index contributed by atoms with van der Waals surface area (Å²) in [4.78, 5) is 27.4. The average molecular weight is 426 g/mol. The van der Waals surface area contributed by atoms with Gasteiger partial charge in [0.2, 0.25) is 5.91 Å². The topological polar surface area (TPSA) is 62.2 Å². The Morgan fingerprint density at radius 3 is 2.48 bits per heavy atom. The highest BCUT2D eigenvalue weighted by Crippen LogP contribution is 2.33. The maximum Gasteiger partial charge on any atom is 0.262 e. The van der Waals surface area contributed by atoms with Gasteiger partial charge in [-0.25, -0.2) is 9.40 Å². The van der Waals surface area contributed by atoms with Crippen LogP contribution >= 0.6 is 0 Å². The average Bonchev–Trinajstić information content (AvgIpc) is 3.22. The highest BCUT2D eigenvalue weighted by Gasteiger charge is 2.35. The molecule has 1 unspecified atom stereocenters. The van der Waals surface area contributed by atoms with Gasteiger partial charge in [-0.05, 0) is 11.6 Å². The van der Waals surface area contributed by atoms with E-state index in [9.17, 15) is 14.0 Å². The van der Waals surface area contributed by atoms with Crippen LogP contribution < -0.4 is 0 Å². The van der Waals surface area contributed by atoms with E-state index in [0.717, 1.165) is 5.56 Å². The van der Waals surface area contributed by atoms with E-state index in [1.54, 1.807) is 39.2 Å². The van der Waals surface area contributed by atoms with Crippen molar-refractivity contribution in [3.05, 3.63) is 71.5 Å². The molecule has 1 heterocycles. The molecule has 3 rings (SSSR count). The number of amides is 2. The van der Waals surface area contributed by atoms with Crippen LogP contribution in [0.2, 0.25) is 0 Å². The van der Waals surface area contributed by atoms with E-state index in [1.165, 1.54) is 16.0 Å². The Kier molecular flexibility index (Phi) is 7.52. The van der Waals surface area contributed by atoms with E-state index in [1.807, 2.05) is 30.3 Å². The van der Waals surface area contributed by atoms with Crippen molar-refractivity contribution >= 4 is 17.5 Å². The monoisotopic (exact) mass is 425 g/mol. The highest BCUT2D eigenvalue weighted by molar-refractivity contribution is 6.03. The molecule has 31 heavy (non-hydrogen) atoms. The fourth-order valence-corrected chi connectivity index (χ4v) is 3.60. The van der Waals surface area contributed by atoms with Crippen LogP contribution in [-0.2, 0) is 14.3 Å². The molecule has 7 heteroatoms. The predicted molar refractivity (Wildman–Crippen MR) is 117 cm³/mol. The standard InChI is InChI=1S/C24H28FN3O3/c1-17(2)24(30)27(13-14-31-3)16-23(29)28-22(18-9-5-4-6-10-18)15-21(26-28)19-11-7-8-12-20(19)25/h4-12,17,22H,13-16H2,1-3H3. The van der Waals surface area contributed by atoms with E-state index >= 15 is 0 Å². The van der Waals surface area contributed by atoms with Gasteiger partial charge >= 0.3 is 0 Å². The molecular weight excluding hydrogens is 397 g/mol. The smallest absolute Gasteiger partial charge is 0.262 e. The first-order valence-corrected chi connectivity index (χ1v) is 10.4. The van der Waals surface area contributed by atoms with Crippen molar-refractivity contribution in [2.45, 2.75) is 26.3 Å². The summed E-state index contributed by atoms with van der Waals surface area (Å²) in [6.07, 6.45) is 0.396. The molecule has 164 valence electrons. The number of benzene rings is 2. The van der Waals surface area contributed by atoms with Gasteiger partial charge in [0.15, 0.2) is 0 Å². The molecule has 0 aliphatic carbocycles. The van der Waals surface area contributed by atoms with Gasteiger partial charge < -0.3 is 9.64 Å². The largest absolute Gasteiger partial charge is 0.383 e. The summed E-state index contributed by atoms with van der Waals surface area (Å²) < 4.78 is 19.5. The summed E-state index contributed by atoms with van der Waals surface area (Å²) in [5, 5.41) is 5.90. The molecule has 0 saturated heterocycles. The Morgan fingerprint density at radius 1 is 1.16 bits per heavy atom. The third-order valence-corrected chi connectivity index (χ3v) is 5.23. The van der Waals surface area contributed by atoms with Crippen molar-refractivity contribution in [3.8, 4) is 0 Å². The normalized spacial score (nSPS) is 15.8. The summed E-state index contributed by atoms with van der Waals surface area (Å²) in [5.41, 5.74) is 1.80. The number of methoxy groups -OCH3 is 1. The molecule has 1 atom stereocenters. The molecule has 0 fully saturated rings. The zero-order valence-corrected chi connectivity index (χ0v) is 18.1. The van der Waals surface area contributed by atoms with Crippen LogP contribution in [-0.4, -0.2) is 54.2 Å². The number of ether oxygens (including phenoxy) is 1. The number of nitrogens with zero attached hydrogens (tertiary/aromatic N) is 3. The lowest BCUT2D eigenvalue weighted by Gasteiger charge is -2.28. The van der Waals surface area contributed by atoms with Crippen LogP contribution in [0.15, 0.2) is 59.7 Å². The van der Waals surface area contributed by atoms with Crippen molar-refractivity contribution in [3.63, 3.8) is 0 Å². The molecule has 0 aromatic heterocycles. The quantitative estimate of drug-likeness (QED) is 0.649. The summed E-state index contributed by atoms with van der Waals surface area (Å²) >= 11 is 0. The Labute approximate surface area is 182 Å². The van der Waals surface area contributed by atoms with Crippen LogP contribution in [0.25, 0.3) is 0 Å². The lowest BCUT2D eigenvalue weighted by atomic mass is 9.98. The van der Waals surface area contributed by atoms with E-state index < -0.39 is 0 Å². The third-order valence-electron chi connectivity index (χ3n) is 5.23. The first-order chi connectivity index (χ1) is 14.9. The van der Waals surface area contributed by atoms with Crippen molar-refractivity contribution in [2.75, 3.05) is 26.8 Å². The molecule has 2 amide bonds. The van der Waals surface area contributed by atoms with Crippen LogP contribution in [0, 0.1) is 11.7 Å². The Morgan fingerprint density at radius 2 is 1.84 bits per heavy atom. The van der Waals surface area contributed by atoms with Crippen LogP contribution in [0.5, 0.6) is 0 Å². The van der Waals surface area contributed by atoms with Gasteiger partial charge in [0.1, 0.15) is 12.4 Å². The first kappa shape index (κ1) is 22.6. The fourth-order valence-electron chi connectivity index (χ4n) is 3.60. The summed E-state index contributed by atoms with van der Waals surface area (Å²) in [6.45, 7) is 4.12. The van der Waals surface area contributed by atoms with Gasteiger partial charge in [0.05, 0.1) is 18.4 Å². The number of hydrogen-bond donors (Lipinski definition) is 0. The maximum atomic E-state index is 14.4. The van der Waals surface area contributed by atoms with Crippen LogP contribution in [0.3, 0.4) is 0 Å². The Bertz CT molecular complexity index is 946. The SMILES string of the molecule is COCCN(CC(=O)N1N=C(c2ccccc2F)CC1c1ccccc1)C(=O)C(C)C. The molecule has 0 radical (unpaired) electrons. The van der Waals surface area contributed by atoms with Crippen molar-refractivity contribution in [1.29, 1.82) is 0 Å². The van der Waals surface area contributed by atoms with Crippen LogP contribution in [0.1, 0.15) is 37.4 Å². The fraction of sp³-hybridized carbons (Fsp3) is 0.375. The number of carbonyl (C=O) groups excluding carboxylic acids is 2. The molecule has 2 aromatic rings. The van der Waals surface area contributed by atoms with E-state index in [-0.39, 0.29) is 36.1 Å². The number of carbonyl (C=O) groups is 2. The van der Waals surface area contributed by atoms with Gasteiger partial charge in [-0.1, -0.05) is 62.4 Å². The third kappa shape index (κ3) is 5.35. The molecule has 1 aliphatic rings. The molecular formula is C24H28FN3O3. The van der Waals surface area contributed by atoms with Crippen molar-refractivity contribution in [2.24, 2.45) is 11.0 Å². The second-order valence-electron chi connectivity index (χ2n) is 7.80. The molecule has 0 spiro atoms. The Hall–Kier alpha value is -3.06. The molecule has 0 bridgehead atoms. The van der Waals surface area contributed by atoms with Gasteiger partial charge in [-0.2, -0.15) is 5.10 Å². The minimum Gasteiger partial charge on any atom is -0.383 e. The van der Waals surface area contributed by atoms with Gasteiger partial charge in [0.25, 0.3) is 5.91 Å². The summed E-state index contributed by atoms with van der Waals surface area (Å²) in [5.74, 6) is -1.06. The minimum atomic E-state index is -0.376. The maximum absolute atomic E-state index is 14.4. The molecule has 0 N–H and O–H groups in total. The van der Waals surface area contributed by atoms with Gasteiger partial charge in [-0.15, -0.1) is 0 Å². The van der Waals surface area contributed by atoms with Gasteiger partial charge in [0, 0.05) is 31.6 Å². The van der Waals surface area contributed by atoms with E-state index in [0.29, 0.717) is 30.8 Å². The Balaban J connectivity index is 1.90. The van der Waals surface area contributed by atoms with E-state index in [2.05, 4.69) is 5.10 Å². The summed E-state index contributed by atoms with van der Waals surface area (Å²) in [7, 11) is 1.55. The number of hydrogen-bond acceptors (Lipinski definition) is 4. The molecule has 1 aliphatic heterocycles. The van der Waals surface area contributed by atoms with Crippen molar-refractivity contribution < 1.29 is 18.7 Å². The second kappa shape index (κ2) is 10.3. The zero-order chi connectivity index (χ0) is 22.4. The zero-order valence-electron chi connectivity index (χ0n) is 18.1. The molecule has 6 nitrogen and oxygen atoms in total. The number of halogens is 1. The molecule has 2 aromatic carbocycles. The first-order valence-electron chi connectivity index (χ1n) is 10.4. The lowest BCUT2D eigenvalue weighted by Crippen LogP contribution is -2.44. The predicted octanol–water partition coefficient (Wildman–Crippen LogP) is 3.63. The number of rotatable bonds is 8. The molecule has 0 saturated carbocycles. The summed E-state index contributed by atoms with van der Waals surface area (Å²) in [6, 6.07) is 15.6. The lowest BCUT2D eigenvalue weighted by molar-refractivity contribution is -0.143. The van der Waals surface area contributed by atoms with Gasteiger partial charge in [-0.3, -0.25) is 9.59 Å².